The summed E-state index contributed by atoms with van der Waals surface area (Å²) in [6.45, 7) is 1.19. The van der Waals surface area contributed by atoms with Crippen LogP contribution >= 0.6 is 11.6 Å². The number of rotatable bonds is 11. The van der Waals surface area contributed by atoms with E-state index in [0.29, 0.717) is 25.9 Å². The zero-order valence-electron chi connectivity index (χ0n) is 18.5. The summed E-state index contributed by atoms with van der Waals surface area (Å²) in [4.78, 5) is 37.3. The highest BCUT2D eigenvalue weighted by Gasteiger charge is 2.21. The lowest BCUT2D eigenvalue weighted by molar-refractivity contribution is -0.127. The molecule has 0 bridgehead atoms. The lowest BCUT2D eigenvalue weighted by Gasteiger charge is -2.15. The molecule has 0 aliphatic carbocycles. The summed E-state index contributed by atoms with van der Waals surface area (Å²) in [6.07, 6.45) is 2.02. The van der Waals surface area contributed by atoms with Crippen molar-refractivity contribution in [2.75, 3.05) is 26.2 Å². The molecule has 1 saturated heterocycles. The topological polar surface area (TPSA) is 122 Å². The maximum absolute atomic E-state index is 12.7. The van der Waals surface area contributed by atoms with Gasteiger partial charge in [0.15, 0.2) is 6.61 Å². The average Bonchev–Trinajstić information content (AvgIpc) is 3.24. The molecule has 1 heterocycles. The van der Waals surface area contributed by atoms with Crippen molar-refractivity contribution in [3.8, 4) is 0 Å². The Kier molecular flexibility index (Phi) is 9.03. The third kappa shape index (κ3) is 7.28. The average molecular weight is 508 g/mol. The lowest BCUT2D eigenvalue weighted by atomic mass is 10.2. The third-order valence-electron chi connectivity index (χ3n) is 5.20. The van der Waals surface area contributed by atoms with Gasteiger partial charge in [-0.2, -0.15) is 0 Å². The Morgan fingerprint density at radius 2 is 1.88 bits per heavy atom. The van der Waals surface area contributed by atoms with E-state index in [1.807, 2.05) is 6.07 Å². The van der Waals surface area contributed by atoms with Crippen LogP contribution in [-0.4, -0.2) is 57.3 Å². The van der Waals surface area contributed by atoms with Crippen molar-refractivity contribution >= 4 is 39.4 Å². The van der Waals surface area contributed by atoms with Gasteiger partial charge in [0.1, 0.15) is 4.90 Å². The molecule has 1 aliphatic heterocycles. The Labute approximate surface area is 203 Å². The van der Waals surface area contributed by atoms with Crippen molar-refractivity contribution in [1.29, 1.82) is 0 Å². The van der Waals surface area contributed by atoms with Crippen LogP contribution in [-0.2, 0) is 30.9 Å². The number of esters is 1. The summed E-state index contributed by atoms with van der Waals surface area (Å²) in [6, 6.07) is 12.7. The number of hydrogen-bond donors (Lipinski definition) is 2. The Bertz CT molecular complexity index is 1140. The van der Waals surface area contributed by atoms with Crippen molar-refractivity contribution in [3.05, 3.63) is 64.7 Å². The lowest BCUT2D eigenvalue weighted by Crippen LogP contribution is -2.33. The first-order valence-corrected chi connectivity index (χ1v) is 12.7. The summed E-state index contributed by atoms with van der Waals surface area (Å²) in [5, 5.41) is 2.57. The van der Waals surface area contributed by atoms with E-state index in [2.05, 4.69) is 10.0 Å². The minimum atomic E-state index is -4.00. The molecule has 0 unspecified atom stereocenters. The fourth-order valence-corrected chi connectivity index (χ4v) is 4.93. The molecule has 11 heteroatoms. The number of likely N-dealkylation sites (tertiary alicyclic amines) is 1. The Balaban J connectivity index is 1.49. The first-order chi connectivity index (χ1) is 16.3. The molecule has 0 spiro atoms. The quantitative estimate of drug-likeness (QED) is 0.355. The molecule has 2 aromatic rings. The highest BCUT2D eigenvalue weighted by atomic mass is 35.5. The molecular weight excluding hydrogens is 482 g/mol. The van der Waals surface area contributed by atoms with E-state index in [0.717, 1.165) is 24.6 Å². The highest BCUT2D eigenvalue weighted by Crippen LogP contribution is 2.23. The van der Waals surface area contributed by atoms with E-state index in [1.54, 1.807) is 29.2 Å². The summed E-state index contributed by atoms with van der Waals surface area (Å²) < 4.78 is 32.8. The van der Waals surface area contributed by atoms with Crippen molar-refractivity contribution in [2.24, 2.45) is 0 Å². The molecule has 0 radical (unpaired) electrons. The van der Waals surface area contributed by atoms with Gasteiger partial charge in [0.05, 0.1) is 10.6 Å². The minimum Gasteiger partial charge on any atom is -0.452 e. The normalized spacial score (nSPS) is 13.7. The van der Waals surface area contributed by atoms with Gasteiger partial charge in [0, 0.05) is 32.6 Å². The number of nitrogens with one attached hydrogen (secondary N) is 2. The largest absolute Gasteiger partial charge is 0.452 e. The number of carbonyl (C=O) groups excluding carboxylic acids is 3. The fraction of sp³-hybridized carbons (Fsp3) is 0.348. The molecule has 34 heavy (non-hydrogen) atoms. The van der Waals surface area contributed by atoms with Crippen LogP contribution in [0.15, 0.2) is 53.4 Å². The number of benzene rings is 2. The molecule has 2 amide bonds. The van der Waals surface area contributed by atoms with Crippen LogP contribution in [0.4, 0.5) is 0 Å². The van der Waals surface area contributed by atoms with Crippen molar-refractivity contribution < 1.29 is 27.5 Å². The molecule has 9 nitrogen and oxygen atoms in total. The SMILES string of the molecule is O=C(COC(=O)c1ccc(Cl)c(S(=O)(=O)NCc2ccccc2)c1)NCCCN1CCCC1=O. The number of carbonyl (C=O) groups is 3. The maximum Gasteiger partial charge on any atom is 0.338 e. The van der Waals surface area contributed by atoms with Gasteiger partial charge in [-0.3, -0.25) is 9.59 Å². The molecule has 3 rings (SSSR count). The van der Waals surface area contributed by atoms with Gasteiger partial charge >= 0.3 is 5.97 Å². The van der Waals surface area contributed by atoms with E-state index in [-0.39, 0.29) is 27.9 Å². The van der Waals surface area contributed by atoms with E-state index in [4.69, 9.17) is 16.3 Å². The predicted octanol–water partition coefficient (Wildman–Crippen LogP) is 2.10. The van der Waals surface area contributed by atoms with Gasteiger partial charge < -0.3 is 15.0 Å². The smallest absolute Gasteiger partial charge is 0.338 e. The number of halogens is 1. The van der Waals surface area contributed by atoms with E-state index >= 15 is 0 Å². The monoisotopic (exact) mass is 507 g/mol. The van der Waals surface area contributed by atoms with Gasteiger partial charge in [-0.15, -0.1) is 0 Å². The van der Waals surface area contributed by atoms with Gasteiger partial charge in [-0.1, -0.05) is 41.9 Å². The van der Waals surface area contributed by atoms with E-state index in [9.17, 15) is 22.8 Å². The molecule has 182 valence electrons. The van der Waals surface area contributed by atoms with Crippen LogP contribution in [0, 0.1) is 0 Å². The Morgan fingerprint density at radius 1 is 1.12 bits per heavy atom. The predicted molar refractivity (Wildman–Crippen MR) is 126 cm³/mol. The highest BCUT2D eigenvalue weighted by molar-refractivity contribution is 7.89. The van der Waals surface area contributed by atoms with E-state index in [1.165, 1.54) is 12.1 Å². The van der Waals surface area contributed by atoms with Gasteiger partial charge in [-0.05, 0) is 36.6 Å². The molecule has 0 atom stereocenters. The number of ether oxygens (including phenoxy) is 1. The van der Waals surface area contributed by atoms with E-state index < -0.39 is 28.5 Å². The van der Waals surface area contributed by atoms with Gasteiger partial charge in [0.25, 0.3) is 5.91 Å². The second-order valence-electron chi connectivity index (χ2n) is 7.72. The molecule has 1 fully saturated rings. The zero-order chi connectivity index (χ0) is 24.6. The molecule has 0 aromatic heterocycles. The first-order valence-electron chi connectivity index (χ1n) is 10.8. The zero-order valence-corrected chi connectivity index (χ0v) is 20.0. The Morgan fingerprint density at radius 3 is 2.59 bits per heavy atom. The van der Waals surface area contributed by atoms with Crippen LogP contribution in [0.2, 0.25) is 5.02 Å². The summed E-state index contributed by atoms with van der Waals surface area (Å²) in [7, 11) is -4.00. The molecule has 0 saturated carbocycles. The minimum absolute atomic E-state index is 0.0497. The number of sulfonamides is 1. The van der Waals surface area contributed by atoms with Crippen molar-refractivity contribution in [2.45, 2.75) is 30.7 Å². The van der Waals surface area contributed by atoms with Gasteiger partial charge in [-0.25, -0.2) is 17.9 Å². The van der Waals surface area contributed by atoms with Crippen LogP contribution < -0.4 is 10.0 Å². The Hall–Kier alpha value is -2.95. The van der Waals surface area contributed by atoms with Gasteiger partial charge in [0.2, 0.25) is 15.9 Å². The van der Waals surface area contributed by atoms with Crippen LogP contribution in [0.5, 0.6) is 0 Å². The molecular formula is C23H26ClN3O6S. The maximum atomic E-state index is 12.7. The summed E-state index contributed by atoms with van der Waals surface area (Å²) >= 11 is 6.06. The molecule has 2 N–H and O–H groups in total. The van der Waals surface area contributed by atoms with Crippen LogP contribution in [0.25, 0.3) is 0 Å². The second-order valence-corrected chi connectivity index (χ2v) is 9.86. The number of hydrogen-bond acceptors (Lipinski definition) is 6. The van der Waals surface area contributed by atoms with Crippen molar-refractivity contribution in [3.63, 3.8) is 0 Å². The van der Waals surface area contributed by atoms with Crippen LogP contribution in [0.3, 0.4) is 0 Å². The summed E-state index contributed by atoms with van der Waals surface area (Å²) in [5.74, 6) is -1.22. The fourth-order valence-electron chi connectivity index (χ4n) is 3.39. The summed E-state index contributed by atoms with van der Waals surface area (Å²) in [5.41, 5.74) is 0.709. The van der Waals surface area contributed by atoms with Crippen LogP contribution in [0.1, 0.15) is 35.2 Å². The first kappa shape index (κ1) is 25.7. The molecule has 2 aromatic carbocycles. The second kappa shape index (κ2) is 12.0. The number of amides is 2. The molecule has 1 aliphatic rings. The number of nitrogens with zero attached hydrogens (tertiary/aromatic N) is 1. The third-order valence-corrected chi connectivity index (χ3v) is 7.08. The standard InChI is InChI=1S/C23H26ClN3O6S/c24-19-10-9-18(14-20(19)34(31,32)26-15-17-6-2-1-3-7-17)23(30)33-16-21(28)25-11-5-13-27-12-4-8-22(27)29/h1-3,6-7,9-10,14,26H,4-5,8,11-13,15-16H2,(H,25,28). The van der Waals surface area contributed by atoms with Crippen molar-refractivity contribution in [1.82, 2.24) is 14.9 Å².